The van der Waals surface area contributed by atoms with E-state index >= 15 is 0 Å². The van der Waals surface area contributed by atoms with Crippen LogP contribution in [0, 0.1) is 0 Å². The Hall–Kier alpha value is -2.40. The number of alkyl halides is 3. The largest absolute Gasteiger partial charge is 0.451 e. The van der Waals surface area contributed by atoms with Gasteiger partial charge in [-0.1, -0.05) is 30.0 Å². The van der Waals surface area contributed by atoms with Gasteiger partial charge in [0.05, 0.1) is 11.3 Å². The Morgan fingerprint density at radius 3 is 2.56 bits per heavy atom. The van der Waals surface area contributed by atoms with Gasteiger partial charge in [0.15, 0.2) is 10.4 Å². The zero-order valence-electron chi connectivity index (χ0n) is 13.2. The summed E-state index contributed by atoms with van der Waals surface area (Å²) in [5.74, 6) is -0.237. The highest BCUT2D eigenvalue weighted by Gasteiger charge is 2.35. The van der Waals surface area contributed by atoms with Crippen LogP contribution in [0.2, 0.25) is 0 Å². The Labute approximate surface area is 162 Å². The molecule has 0 unspecified atom stereocenters. The fraction of sp³-hybridized carbons (Fsp3) is 0.125. The van der Waals surface area contributed by atoms with Crippen LogP contribution in [-0.2, 0) is 11.9 Å². The number of hydrogen-bond donors (Lipinski definition) is 0. The maximum absolute atomic E-state index is 13.1. The van der Waals surface area contributed by atoms with Gasteiger partial charge in [0.2, 0.25) is 11.7 Å². The normalized spacial score (nSPS) is 12.0. The van der Waals surface area contributed by atoms with Crippen molar-refractivity contribution in [1.82, 2.24) is 20.2 Å². The zero-order chi connectivity index (χ0) is 19.0. The zero-order valence-corrected chi connectivity index (χ0v) is 15.6. The number of hydrogen-bond acceptors (Lipinski definition) is 7. The van der Waals surface area contributed by atoms with Crippen molar-refractivity contribution >= 4 is 38.6 Å². The van der Waals surface area contributed by atoms with Crippen LogP contribution in [0.15, 0.2) is 54.9 Å². The lowest BCUT2D eigenvalue weighted by Gasteiger charge is -2.09. The van der Waals surface area contributed by atoms with E-state index in [1.54, 1.807) is 30.3 Å². The van der Waals surface area contributed by atoms with E-state index in [2.05, 4.69) is 36.1 Å². The molecule has 0 saturated heterocycles. The molecule has 0 saturated carbocycles. The van der Waals surface area contributed by atoms with Gasteiger partial charge in [-0.2, -0.15) is 13.2 Å². The van der Waals surface area contributed by atoms with Crippen LogP contribution in [0.1, 0.15) is 11.7 Å². The highest BCUT2D eigenvalue weighted by atomic mass is 79.9. The Morgan fingerprint density at radius 2 is 1.81 bits per heavy atom. The number of nitrogens with zero attached hydrogens (tertiary/aromatic N) is 4. The molecular formula is C16H8BrF3N4O2S. The van der Waals surface area contributed by atoms with Crippen molar-refractivity contribution in [1.29, 1.82) is 0 Å². The molecule has 1 aromatic carbocycles. The Balaban J connectivity index is 1.61. The van der Waals surface area contributed by atoms with Gasteiger partial charge in [0.25, 0.3) is 5.89 Å². The van der Waals surface area contributed by atoms with E-state index in [-0.39, 0.29) is 28.1 Å². The molecule has 3 heterocycles. The van der Waals surface area contributed by atoms with Crippen molar-refractivity contribution in [3.63, 3.8) is 0 Å². The molecule has 138 valence electrons. The van der Waals surface area contributed by atoms with Crippen LogP contribution < -0.4 is 0 Å². The van der Waals surface area contributed by atoms with E-state index in [0.29, 0.717) is 15.8 Å². The summed E-state index contributed by atoms with van der Waals surface area (Å²) >= 11 is 4.24. The van der Waals surface area contributed by atoms with E-state index < -0.39 is 12.0 Å². The molecule has 3 aromatic heterocycles. The molecule has 0 aliphatic carbocycles. The lowest BCUT2D eigenvalue weighted by molar-refractivity contribution is -0.145. The fourth-order valence-electron chi connectivity index (χ4n) is 2.26. The van der Waals surface area contributed by atoms with Gasteiger partial charge in [-0.05, 0) is 34.1 Å². The first-order valence-electron chi connectivity index (χ1n) is 7.45. The van der Waals surface area contributed by atoms with Crippen LogP contribution in [-0.4, -0.2) is 20.2 Å². The monoisotopic (exact) mass is 456 g/mol. The highest BCUT2D eigenvalue weighted by molar-refractivity contribution is 9.10. The summed E-state index contributed by atoms with van der Waals surface area (Å²) in [7, 11) is 0. The van der Waals surface area contributed by atoms with Gasteiger partial charge in [-0.15, -0.1) is 10.2 Å². The lowest BCUT2D eigenvalue weighted by atomic mass is 10.2. The van der Waals surface area contributed by atoms with E-state index in [4.69, 9.17) is 8.83 Å². The van der Waals surface area contributed by atoms with Gasteiger partial charge >= 0.3 is 6.18 Å². The maximum Gasteiger partial charge on any atom is 0.451 e. The molecule has 0 amide bonds. The molecule has 4 rings (SSSR count). The molecule has 27 heavy (non-hydrogen) atoms. The highest BCUT2D eigenvalue weighted by Crippen LogP contribution is 2.33. The van der Waals surface area contributed by atoms with E-state index in [1.165, 1.54) is 6.07 Å². The molecule has 0 atom stereocenters. The summed E-state index contributed by atoms with van der Waals surface area (Å²) in [5.41, 5.74) is 0.217. The number of rotatable bonds is 4. The quantitative estimate of drug-likeness (QED) is 0.302. The minimum absolute atomic E-state index is 0.146. The molecule has 0 fully saturated rings. The molecule has 6 nitrogen and oxygen atoms in total. The second-order valence-corrected chi connectivity index (χ2v) is 7.01. The minimum Gasteiger partial charge on any atom is -0.444 e. The Kier molecular flexibility index (Phi) is 4.64. The van der Waals surface area contributed by atoms with E-state index in [0.717, 1.165) is 11.8 Å². The van der Waals surface area contributed by atoms with Gasteiger partial charge in [0, 0.05) is 5.39 Å². The van der Waals surface area contributed by atoms with Crippen LogP contribution in [0.3, 0.4) is 0 Å². The number of para-hydroxylation sites is 1. The van der Waals surface area contributed by atoms with Crippen molar-refractivity contribution in [3.05, 3.63) is 52.8 Å². The molecule has 4 aromatic rings. The number of fused-ring (bicyclic) bond motifs is 1. The van der Waals surface area contributed by atoms with E-state index in [1.807, 2.05) is 0 Å². The van der Waals surface area contributed by atoms with Gasteiger partial charge in [0.1, 0.15) is 5.03 Å². The minimum atomic E-state index is -4.64. The smallest absolute Gasteiger partial charge is 0.444 e. The average molecular weight is 457 g/mol. The summed E-state index contributed by atoms with van der Waals surface area (Å²) in [4.78, 5) is 7.26. The first-order chi connectivity index (χ1) is 12.9. The average Bonchev–Trinajstić information content (AvgIpc) is 3.27. The Bertz CT molecular complexity index is 1110. The molecule has 11 heteroatoms. The SMILES string of the molecule is FC(F)(F)c1nc(SCc2nnc(-c3ccc(Br)o3)o2)c2ccccc2n1. The maximum atomic E-state index is 13.1. The summed E-state index contributed by atoms with van der Waals surface area (Å²) in [5, 5.41) is 8.47. The van der Waals surface area contributed by atoms with Crippen LogP contribution in [0.4, 0.5) is 13.2 Å². The van der Waals surface area contributed by atoms with Crippen LogP contribution in [0.5, 0.6) is 0 Å². The molecule has 0 bridgehead atoms. The topological polar surface area (TPSA) is 77.8 Å². The van der Waals surface area contributed by atoms with Gasteiger partial charge in [-0.25, -0.2) is 9.97 Å². The number of benzene rings is 1. The second kappa shape index (κ2) is 6.97. The first-order valence-corrected chi connectivity index (χ1v) is 9.23. The summed E-state index contributed by atoms with van der Waals surface area (Å²) in [6.07, 6.45) is -4.64. The number of halogens is 4. The third-order valence-corrected chi connectivity index (χ3v) is 4.81. The summed E-state index contributed by atoms with van der Waals surface area (Å²) in [6.45, 7) is 0. The Morgan fingerprint density at radius 1 is 1.00 bits per heavy atom. The second-order valence-electron chi connectivity index (χ2n) is 5.26. The molecule has 0 aliphatic heterocycles. The van der Waals surface area contributed by atoms with Gasteiger partial charge in [-0.3, -0.25) is 0 Å². The lowest BCUT2D eigenvalue weighted by Crippen LogP contribution is -2.11. The molecule has 0 aliphatic rings. The van der Waals surface area contributed by atoms with Crippen molar-refractivity contribution < 1.29 is 22.0 Å². The van der Waals surface area contributed by atoms with Crippen molar-refractivity contribution in [2.24, 2.45) is 0 Å². The standard InChI is InChI=1S/C16H8BrF3N4O2S/c17-11-6-5-10(25-11)13-24-23-12(26-13)7-27-14-8-3-1-2-4-9(8)21-15(22-14)16(18,19)20/h1-6H,7H2. The predicted molar refractivity (Wildman–Crippen MR) is 93.8 cm³/mol. The van der Waals surface area contributed by atoms with E-state index in [9.17, 15) is 13.2 Å². The molecule has 0 N–H and O–H groups in total. The van der Waals surface area contributed by atoms with Crippen molar-refractivity contribution in [2.45, 2.75) is 17.0 Å². The van der Waals surface area contributed by atoms with Crippen molar-refractivity contribution in [2.75, 3.05) is 0 Å². The summed E-state index contributed by atoms with van der Waals surface area (Å²) < 4.78 is 50.5. The molecule has 0 spiro atoms. The molecular weight excluding hydrogens is 449 g/mol. The third-order valence-electron chi connectivity index (χ3n) is 3.41. The molecule has 0 radical (unpaired) electrons. The number of thioether (sulfide) groups is 1. The predicted octanol–water partition coefficient (Wildman–Crippen LogP) is 5.35. The van der Waals surface area contributed by atoms with Gasteiger partial charge < -0.3 is 8.83 Å². The van der Waals surface area contributed by atoms with Crippen LogP contribution in [0.25, 0.3) is 22.6 Å². The number of furan rings is 1. The summed E-state index contributed by atoms with van der Waals surface area (Å²) in [6, 6.07) is 9.84. The number of aromatic nitrogens is 4. The van der Waals surface area contributed by atoms with Crippen LogP contribution >= 0.6 is 27.7 Å². The van der Waals surface area contributed by atoms with Crippen molar-refractivity contribution in [3.8, 4) is 11.7 Å². The third kappa shape index (κ3) is 3.83. The first kappa shape index (κ1) is 18.0. The fourth-order valence-corrected chi connectivity index (χ4v) is 3.42.